The van der Waals surface area contributed by atoms with Crippen molar-refractivity contribution in [2.24, 2.45) is 0 Å². The minimum absolute atomic E-state index is 0.593. The Morgan fingerprint density at radius 1 is 1.10 bits per heavy atom. The van der Waals surface area contributed by atoms with Crippen LogP contribution in [0, 0.1) is 0 Å². The number of hydrogen-bond donors (Lipinski definition) is 1. The van der Waals surface area contributed by atoms with E-state index in [1.807, 2.05) is 42.5 Å². The number of hydrogen-bond acceptors (Lipinski definition) is 2. The largest absolute Gasteiger partial charge is 0.493 e. The van der Waals surface area contributed by atoms with Gasteiger partial charge in [0.15, 0.2) is 0 Å². The lowest BCUT2D eigenvalue weighted by Gasteiger charge is -2.07. The highest BCUT2D eigenvalue weighted by molar-refractivity contribution is 5.85. The molecule has 3 heteroatoms. The minimum atomic E-state index is -0.958. The van der Waals surface area contributed by atoms with E-state index in [4.69, 9.17) is 9.84 Å². The first-order valence-electron chi connectivity index (χ1n) is 6.42. The van der Waals surface area contributed by atoms with E-state index in [2.05, 4.69) is 12.1 Å². The van der Waals surface area contributed by atoms with Crippen molar-refractivity contribution in [1.82, 2.24) is 0 Å². The van der Waals surface area contributed by atoms with Crippen LogP contribution in [0.5, 0.6) is 5.75 Å². The average Bonchev–Trinajstić information content (AvgIpc) is 2.47. The van der Waals surface area contributed by atoms with Crippen LogP contribution in [-0.4, -0.2) is 17.7 Å². The van der Waals surface area contributed by atoms with Crippen LogP contribution in [0.25, 0.3) is 6.08 Å². The van der Waals surface area contributed by atoms with Crippen molar-refractivity contribution in [3.05, 3.63) is 71.8 Å². The monoisotopic (exact) mass is 268 g/mol. The van der Waals surface area contributed by atoms with Crippen LogP contribution >= 0.6 is 0 Å². The molecule has 0 spiro atoms. The third-order valence-electron chi connectivity index (χ3n) is 2.78. The minimum Gasteiger partial charge on any atom is -0.493 e. The van der Waals surface area contributed by atoms with Gasteiger partial charge in [0.05, 0.1) is 6.61 Å². The molecule has 0 aliphatic carbocycles. The maximum Gasteiger partial charge on any atom is 0.328 e. The molecule has 0 fully saturated rings. The van der Waals surface area contributed by atoms with Gasteiger partial charge in [-0.25, -0.2) is 4.79 Å². The molecule has 0 bridgehead atoms. The summed E-state index contributed by atoms with van der Waals surface area (Å²) in [4.78, 5) is 10.5. The van der Waals surface area contributed by atoms with E-state index < -0.39 is 5.97 Å². The number of carbonyl (C=O) groups is 1. The summed E-state index contributed by atoms with van der Waals surface area (Å²) in [6.07, 6.45) is 3.51. The molecule has 2 rings (SSSR count). The van der Waals surface area contributed by atoms with E-state index in [1.54, 1.807) is 6.08 Å². The van der Waals surface area contributed by atoms with Crippen LogP contribution in [0.15, 0.2) is 60.7 Å². The summed E-state index contributed by atoms with van der Waals surface area (Å²) in [7, 11) is 0. The summed E-state index contributed by atoms with van der Waals surface area (Å²) in [5.74, 6) is -0.214. The first kappa shape index (κ1) is 13.9. The van der Waals surface area contributed by atoms with Gasteiger partial charge in [-0.15, -0.1) is 0 Å². The number of benzene rings is 2. The Bertz CT molecular complexity index is 588. The highest BCUT2D eigenvalue weighted by Crippen LogP contribution is 2.15. The van der Waals surface area contributed by atoms with Gasteiger partial charge in [-0.2, -0.15) is 0 Å². The quantitative estimate of drug-likeness (QED) is 0.817. The first-order valence-corrected chi connectivity index (χ1v) is 6.42. The second kappa shape index (κ2) is 7.14. The summed E-state index contributed by atoms with van der Waals surface area (Å²) in [6, 6.07) is 17.5. The number of ether oxygens (including phenoxy) is 1. The topological polar surface area (TPSA) is 46.5 Å². The van der Waals surface area contributed by atoms with Gasteiger partial charge < -0.3 is 9.84 Å². The lowest BCUT2D eigenvalue weighted by molar-refractivity contribution is -0.131. The molecule has 0 amide bonds. The van der Waals surface area contributed by atoms with Crippen molar-refractivity contribution in [1.29, 1.82) is 0 Å². The lowest BCUT2D eigenvalue weighted by atomic mass is 10.2. The second-order valence-electron chi connectivity index (χ2n) is 4.33. The van der Waals surface area contributed by atoms with Gasteiger partial charge in [-0.3, -0.25) is 0 Å². The molecule has 0 unspecified atom stereocenters. The third-order valence-corrected chi connectivity index (χ3v) is 2.78. The van der Waals surface area contributed by atoms with Gasteiger partial charge in [0, 0.05) is 12.5 Å². The molecule has 2 aromatic carbocycles. The van der Waals surface area contributed by atoms with Crippen LogP contribution in [-0.2, 0) is 11.2 Å². The molecular weight excluding hydrogens is 252 g/mol. The van der Waals surface area contributed by atoms with Crippen LogP contribution in [0.4, 0.5) is 0 Å². The van der Waals surface area contributed by atoms with Gasteiger partial charge in [0.2, 0.25) is 0 Å². The molecule has 102 valence electrons. The fourth-order valence-electron chi connectivity index (χ4n) is 1.81. The molecule has 1 N–H and O–H groups in total. The molecule has 0 aromatic heterocycles. The lowest BCUT2D eigenvalue weighted by Crippen LogP contribution is -2.01. The van der Waals surface area contributed by atoms with Crippen molar-refractivity contribution in [2.75, 3.05) is 6.61 Å². The summed E-state index contributed by atoms with van der Waals surface area (Å²) < 4.78 is 5.68. The maximum absolute atomic E-state index is 10.5. The van der Waals surface area contributed by atoms with Gasteiger partial charge in [0.25, 0.3) is 0 Å². The van der Waals surface area contributed by atoms with E-state index in [1.165, 1.54) is 5.56 Å². The number of rotatable bonds is 6. The summed E-state index contributed by atoms with van der Waals surface area (Å²) in [5.41, 5.74) is 2.04. The fourth-order valence-corrected chi connectivity index (χ4v) is 1.81. The maximum atomic E-state index is 10.5. The van der Waals surface area contributed by atoms with Gasteiger partial charge in [-0.1, -0.05) is 42.5 Å². The zero-order valence-electron chi connectivity index (χ0n) is 11.0. The second-order valence-corrected chi connectivity index (χ2v) is 4.33. The zero-order chi connectivity index (χ0) is 14.2. The standard InChI is InChI=1S/C17H16O3/c18-17(19)10-9-15-7-4-8-16(13-15)20-12-11-14-5-2-1-3-6-14/h1-10,13H,11-12H2,(H,18,19)/b10-9+. The van der Waals surface area contributed by atoms with E-state index in [9.17, 15) is 4.79 Å². The molecule has 0 saturated carbocycles. The Balaban J connectivity index is 1.90. The molecule has 0 aliphatic rings. The Morgan fingerprint density at radius 3 is 2.65 bits per heavy atom. The highest BCUT2D eigenvalue weighted by Gasteiger charge is 1.97. The molecule has 3 nitrogen and oxygen atoms in total. The Labute approximate surface area is 118 Å². The summed E-state index contributed by atoms with van der Waals surface area (Å²) in [5, 5.41) is 8.59. The fraction of sp³-hybridized carbons (Fsp3) is 0.118. The zero-order valence-corrected chi connectivity index (χ0v) is 11.0. The molecule has 2 aromatic rings. The van der Waals surface area contributed by atoms with Crippen LogP contribution < -0.4 is 4.74 Å². The van der Waals surface area contributed by atoms with Crippen molar-refractivity contribution < 1.29 is 14.6 Å². The van der Waals surface area contributed by atoms with E-state index in [0.717, 1.165) is 23.8 Å². The molecule has 0 heterocycles. The molecular formula is C17H16O3. The molecule has 0 atom stereocenters. The van der Waals surface area contributed by atoms with Crippen LogP contribution in [0.2, 0.25) is 0 Å². The SMILES string of the molecule is O=C(O)/C=C/c1cccc(OCCc2ccccc2)c1. The van der Waals surface area contributed by atoms with Crippen molar-refractivity contribution in [3.63, 3.8) is 0 Å². The van der Waals surface area contributed by atoms with E-state index in [0.29, 0.717) is 6.61 Å². The molecule has 20 heavy (non-hydrogen) atoms. The molecule has 0 radical (unpaired) electrons. The predicted octanol–water partition coefficient (Wildman–Crippen LogP) is 3.41. The van der Waals surface area contributed by atoms with Crippen molar-refractivity contribution >= 4 is 12.0 Å². The van der Waals surface area contributed by atoms with Crippen molar-refractivity contribution in [2.45, 2.75) is 6.42 Å². The van der Waals surface area contributed by atoms with Gasteiger partial charge >= 0.3 is 5.97 Å². The van der Waals surface area contributed by atoms with Gasteiger partial charge in [-0.05, 0) is 29.3 Å². The highest BCUT2D eigenvalue weighted by atomic mass is 16.5. The molecule has 0 aliphatic heterocycles. The third kappa shape index (κ3) is 4.61. The van der Waals surface area contributed by atoms with Crippen LogP contribution in [0.3, 0.4) is 0 Å². The average molecular weight is 268 g/mol. The first-order chi connectivity index (χ1) is 9.74. The normalized spacial score (nSPS) is 10.6. The van der Waals surface area contributed by atoms with Gasteiger partial charge in [0.1, 0.15) is 5.75 Å². The summed E-state index contributed by atoms with van der Waals surface area (Å²) in [6.45, 7) is 0.593. The smallest absolute Gasteiger partial charge is 0.328 e. The summed E-state index contributed by atoms with van der Waals surface area (Å²) >= 11 is 0. The predicted molar refractivity (Wildman–Crippen MR) is 78.8 cm³/mol. The molecule has 0 saturated heterocycles. The van der Waals surface area contributed by atoms with E-state index in [-0.39, 0.29) is 0 Å². The van der Waals surface area contributed by atoms with Crippen LogP contribution in [0.1, 0.15) is 11.1 Å². The van der Waals surface area contributed by atoms with E-state index >= 15 is 0 Å². The number of aliphatic carboxylic acids is 1. The Kier molecular flexibility index (Phi) is 4.95. The Morgan fingerprint density at radius 2 is 1.90 bits per heavy atom. The number of carboxylic acids is 1. The van der Waals surface area contributed by atoms with Crippen molar-refractivity contribution in [3.8, 4) is 5.75 Å². The Hall–Kier alpha value is -2.55. The number of carboxylic acid groups (broad SMARTS) is 1.